The fraction of sp³-hybridized carbons (Fsp3) is 0.500. The number of nitrogens with two attached hydrogens (primary N) is 1. The number of ether oxygens (including phenoxy) is 1. The summed E-state index contributed by atoms with van der Waals surface area (Å²) < 4.78 is 5.12. The van der Waals surface area contributed by atoms with E-state index in [1.54, 1.807) is 0 Å². The van der Waals surface area contributed by atoms with Crippen LogP contribution in [0.2, 0.25) is 0 Å². The molecule has 0 radical (unpaired) electrons. The quantitative estimate of drug-likeness (QED) is 0.797. The van der Waals surface area contributed by atoms with Gasteiger partial charge in [-0.1, -0.05) is 35.9 Å². The Kier molecular flexibility index (Phi) is 6.51. The van der Waals surface area contributed by atoms with E-state index >= 15 is 0 Å². The second kappa shape index (κ2) is 7.98. The van der Waals surface area contributed by atoms with Crippen LogP contribution in [0.5, 0.6) is 0 Å². The molecule has 0 bridgehead atoms. The molecule has 1 unspecified atom stereocenters. The minimum absolute atomic E-state index is 0.274. The maximum Gasteiger partial charge on any atom is 0.136 e. The van der Waals surface area contributed by atoms with Crippen LogP contribution in [-0.2, 0) is 9.53 Å². The van der Waals surface area contributed by atoms with Gasteiger partial charge in [0.2, 0.25) is 0 Å². The Hall–Kier alpha value is -1.19. The van der Waals surface area contributed by atoms with Crippen LogP contribution in [0.4, 0.5) is 0 Å². The molecular weight excluding hydrogens is 214 g/mol. The van der Waals surface area contributed by atoms with Crippen molar-refractivity contribution in [3.8, 4) is 0 Å². The number of rotatable bonds is 2. The molecular formula is C14H21NO2. The number of aldehydes is 1. The molecule has 0 aliphatic carbocycles. The summed E-state index contributed by atoms with van der Waals surface area (Å²) in [5.74, 6) is 0.353. The summed E-state index contributed by atoms with van der Waals surface area (Å²) in [6, 6.07) is 9.99. The smallest absolute Gasteiger partial charge is 0.136 e. The van der Waals surface area contributed by atoms with Gasteiger partial charge in [0, 0.05) is 13.2 Å². The van der Waals surface area contributed by atoms with Crippen molar-refractivity contribution in [2.24, 2.45) is 11.7 Å². The Morgan fingerprint density at radius 2 is 1.88 bits per heavy atom. The van der Waals surface area contributed by atoms with Crippen molar-refractivity contribution in [2.75, 3.05) is 13.2 Å². The Bertz CT molecular complexity index is 307. The third-order valence-electron chi connectivity index (χ3n) is 2.91. The summed E-state index contributed by atoms with van der Waals surface area (Å²) in [4.78, 5) is 10.2. The fourth-order valence-electron chi connectivity index (χ4n) is 1.75. The van der Waals surface area contributed by atoms with E-state index in [4.69, 9.17) is 10.5 Å². The summed E-state index contributed by atoms with van der Waals surface area (Å²) in [5, 5.41) is 0. The van der Waals surface area contributed by atoms with E-state index in [1.165, 1.54) is 5.56 Å². The molecule has 1 aromatic carbocycles. The normalized spacial score (nSPS) is 17.8. The molecule has 0 aromatic heterocycles. The van der Waals surface area contributed by atoms with Crippen molar-refractivity contribution in [1.29, 1.82) is 0 Å². The van der Waals surface area contributed by atoms with Gasteiger partial charge >= 0.3 is 0 Å². The second-order valence-corrected chi connectivity index (χ2v) is 4.32. The monoisotopic (exact) mass is 235 g/mol. The highest BCUT2D eigenvalue weighted by Gasteiger charge is 2.19. The molecule has 1 aliphatic heterocycles. The molecule has 1 aromatic rings. The highest BCUT2D eigenvalue weighted by atomic mass is 16.5. The van der Waals surface area contributed by atoms with Gasteiger partial charge in [-0.15, -0.1) is 0 Å². The minimum atomic E-state index is -0.274. The van der Waals surface area contributed by atoms with Gasteiger partial charge in [-0.25, -0.2) is 0 Å². The summed E-state index contributed by atoms with van der Waals surface area (Å²) >= 11 is 0. The van der Waals surface area contributed by atoms with Crippen molar-refractivity contribution in [2.45, 2.75) is 25.8 Å². The molecule has 3 heteroatoms. The maximum absolute atomic E-state index is 10.2. The van der Waals surface area contributed by atoms with Gasteiger partial charge in [0.1, 0.15) is 6.29 Å². The molecule has 1 aliphatic rings. The van der Waals surface area contributed by atoms with E-state index in [-0.39, 0.29) is 6.04 Å². The highest BCUT2D eigenvalue weighted by Crippen LogP contribution is 2.15. The first kappa shape index (κ1) is 13.9. The molecule has 0 amide bonds. The second-order valence-electron chi connectivity index (χ2n) is 4.32. The van der Waals surface area contributed by atoms with E-state index in [9.17, 15) is 4.79 Å². The molecule has 2 N–H and O–H groups in total. The van der Waals surface area contributed by atoms with Gasteiger partial charge in [-0.2, -0.15) is 0 Å². The van der Waals surface area contributed by atoms with Gasteiger partial charge in [-0.05, 0) is 25.7 Å². The summed E-state index contributed by atoms with van der Waals surface area (Å²) in [5.41, 5.74) is 6.85. The first-order chi connectivity index (χ1) is 8.24. The molecule has 1 atom stereocenters. The molecule has 17 heavy (non-hydrogen) atoms. The van der Waals surface area contributed by atoms with Crippen molar-refractivity contribution in [1.82, 2.24) is 0 Å². The van der Waals surface area contributed by atoms with Crippen LogP contribution in [0.15, 0.2) is 30.3 Å². The average Bonchev–Trinajstić information content (AvgIpc) is 2.40. The van der Waals surface area contributed by atoms with Crippen LogP contribution >= 0.6 is 0 Å². The lowest BCUT2D eigenvalue weighted by Gasteiger charge is -2.23. The summed E-state index contributed by atoms with van der Waals surface area (Å²) in [6.45, 7) is 3.60. The van der Waals surface area contributed by atoms with Crippen molar-refractivity contribution >= 4 is 6.29 Å². The summed E-state index contributed by atoms with van der Waals surface area (Å²) in [7, 11) is 0. The number of carbonyl (C=O) groups excluding carboxylic acids is 1. The topological polar surface area (TPSA) is 52.3 Å². The Balaban J connectivity index is 0.000000181. The van der Waals surface area contributed by atoms with Crippen molar-refractivity contribution in [3.63, 3.8) is 0 Å². The lowest BCUT2D eigenvalue weighted by Crippen LogP contribution is -2.35. The lowest BCUT2D eigenvalue weighted by molar-refractivity contribution is -0.110. The van der Waals surface area contributed by atoms with E-state index in [2.05, 4.69) is 19.1 Å². The number of benzene rings is 1. The largest absolute Gasteiger partial charge is 0.381 e. The first-order valence-corrected chi connectivity index (χ1v) is 6.04. The Morgan fingerprint density at radius 3 is 2.29 bits per heavy atom. The zero-order valence-corrected chi connectivity index (χ0v) is 10.3. The zero-order chi connectivity index (χ0) is 12.5. The highest BCUT2D eigenvalue weighted by molar-refractivity contribution is 5.57. The van der Waals surface area contributed by atoms with Crippen LogP contribution in [0.3, 0.4) is 0 Å². The predicted molar refractivity (Wildman–Crippen MR) is 68.8 cm³/mol. The number of aryl methyl sites for hydroxylation is 1. The van der Waals surface area contributed by atoms with E-state index in [0.717, 1.165) is 32.3 Å². The van der Waals surface area contributed by atoms with Gasteiger partial charge in [0.15, 0.2) is 0 Å². The predicted octanol–water partition coefficient (Wildman–Crippen LogP) is 1.93. The molecule has 1 fully saturated rings. The van der Waals surface area contributed by atoms with Gasteiger partial charge in [-0.3, -0.25) is 0 Å². The SMILES string of the molecule is Cc1ccccc1.NC(C=O)C1CCOCC1. The Morgan fingerprint density at radius 1 is 1.29 bits per heavy atom. The number of hydrogen-bond donors (Lipinski definition) is 1. The average molecular weight is 235 g/mol. The van der Waals surface area contributed by atoms with Crippen molar-refractivity contribution in [3.05, 3.63) is 35.9 Å². The molecule has 0 spiro atoms. The molecule has 0 saturated carbocycles. The molecule has 1 saturated heterocycles. The lowest BCUT2D eigenvalue weighted by atomic mass is 9.93. The molecule has 3 nitrogen and oxygen atoms in total. The number of hydrogen-bond acceptors (Lipinski definition) is 3. The Labute approximate surface area is 103 Å². The van der Waals surface area contributed by atoms with Crippen LogP contribution in [0.1, 0.15) is 18.4 Å². The molecule has 1 heterocycles. The molecule has 94 valence electrons. The standard InChI is InChI=1S/C7H13NO2.C7H8/c8-7(5-9)6-1-3-10-4-2-6;1-7-5-3-2-4-6-7/h5-7H,1-4,8H2;2-6H,1H3. The maximum atomic E-state index is 10.2. The van der Waals surface area contributed by atoms with Crippen LogP contribution in [0.25, 0.3) is 0 Å². The molecule has 2 rings (SSSR count). The van der Waals surface area contributed by atoms with E-state index < -0.39 is 0 Å². The van der Waals surface area contributed by atoms with E-state index in [0.29, 0.717) is 5.92 Å². The van der Waals surface area contributed by atoms with Gasteiger partial charge in [0.05, 0.1) is 6.04 Å². The van der Waals surface area contributed by atoms with Gasteiger partial charge in [0.25, 0.3) is 0 Å². The summed E-state index contributed by atoms with van der Waals surface area (Å²) in [6.07, 6.45) is 2.69. The third kappa shape index (κ3) is 5.61. The van der Waals surface area contributed by atoms with Crippen LogP contribution in [-0.4, -0.2) is 25.5 Å². The zero-order valence-electron chi connectivity index (χ0n) is 10.3. The van der Waals surface area contributed by atoms with Crippen molar-refractivity contribution < 1.29 is 9.53 Å². The number of carbonyl (C=O) groups is 1. The fourth-order valence-corrected chi connectivity index (χ4v) is 1.75. The van der Waals surface area contributed by atoms with Crippen LogP contribution in [0, 0.1) is 12.8 Å². The van der Waals surface area contributed by atoms with E-state index in [1.807, 2.05) is 18.2 Å². The van der Waals surface area contributed by atoms with Gasteiger partial charge < -0.3 is 15.3 Å². The minimum Gasteiger partial charge on any atom is -0.381 e. The third-order valence-corrected chi connectivity index (χ3v) is 2.91. The first-order valence-electron chi connectivity index (χ1n) is 6.04. The van der Waals surface area contributed by atoms with Crippen LogP contribution < -0.4 is 5.73 Å².